The average molecular weight is 253 g/mol. The SMILES string of the molecule is CCCn1cc(C)nc1NCCOCCC(C)C. The van der Waals surface area contributed by atoms with Crippen molar-refractivity contribution in [3.05, 3.63) is 11.9 Å². The molecule has 0 atom stereocenters. The van der Waals surface area contributed by atoms with E-state index in [1.807, 2.05) is 6.92 Å². The first-order valence-corrected chi connectivity index (χ1v) is 6.98. The van der Waals surface area contributed by atoms with Crippen LogP contribution >= 0.6 is 0 Å². The molecule has 0 aromatic carbocycles. The topological polar surface area (TPSA) is 39.1 Å². The van der Waals surface area contributed by atoms with E-state index in [0.717, 1.165) is 50.8 Å². The van der Waals surface area contributed by atoms with Gasteiger partial charge in [-0.1, -0.05) is 20.8 Å². The van der Waals surface area contributed by atoms with Gasteiger partial charge in [-0.25, -0.2) is 4.98 Å². The maximum Gasteiger partial charge on any atom is 0.203 e. The third-order valence-corrected chi connectivity index (χ3v) is 2.73. The summed E-state index contributed by atoms with van der Waals surface area (Å²) in [7, 11) is 0. The van der Waals surface area contributed by atoms with Gasteiger partial charge in [-0.3, -0.25) is 0 Å². The molecule has 4 nitrogen and oxygen atoms in total. The zero-order valence-corrected chi connectivity index (χ0v) is 12.2. The predicted molar refractivity (Wildman–Crippen MR) is 76.0 cm³/mol. The van der Waals surface area contributed by atoms with E-state index in [0.29, 0.717) is 5.92 Å². The van der Waals surface area contributed by atoms with Crippen LogP contribution < -0.4 is 5.32 Å². The number of imidazole rings is 1. The van der Waals surface area contributed by atoms with Crippen LogP contribution in [-0.2, 0) is 11.3 Å². The monoisotopic (exact) mass is 253 g/mol. The highest BCUT2D eigenvalue weighted by atomic mass is 16.5. The highest BCUT2D eigenvalue weighted by Gasteiger charge is 2.03. The minimum Gasteiger partial charge on any atom is -0.380 e. The number of aromatic nitrogens is 2. The van der Waals surface area contributed by atoms with Crippen LogP contribution in [0.4, 0.5) is 5.95 Å². The molecule has 0 aliphatic heterocycles. The van der Waals surface area contributed by atoms with Gasteiger partial charge in [0.25, 0.3) is 0 Å². The Balaban J connectivity index is 2.22. The molecule has 0 fully saturated rings. The summed E-state index contributed by atoms with van der Waals surface area (Å²) in [5.74, 6) is 1.67. The van der Waals surface area contributed by atoms with Crippen molar-refractivity contribution in [2.24, 2.45) is 5.92 Å². The second kappa shape index (κ2) is 8.14. The van der Waals surface area contributed by atoms with Gasteiger partial charge in [-0.15, -0.1) is 0 Å². The lowest BCUT2D eigenvalue weighted by Crippen LogP contribution is -2.14. The van der Waals surface area contributed by atoms with Gasteiger partial charge < -0.3 is 14.6 Å². The summed E-state index contributed by atoms with van der Waals surface area (Å²) in [5.41, 5.74) is 1.06. The Morgan fingerprint density at radius 2 is 2.17 bits per heavy atom. The third-order valence-electron chi connectivity index (χ3n) is 2.73. The normalized spacial score (nSPS) is 11.2. The lowest BCUT2D eigenvalue weighted by Gasteiger charge is -2.09. The highest BCUT2D eigenvalue weighted by molar-refractivity contribution is 5.28. The minimum absolute atomic E-state index is 0.712. The van der Waals surface area contributed by atoms with Crippen LogP contribution in [0, 0.1) is 12.8 Å². The maximum atomic E-state index is 5.57. The molecule has 1 rings (SSSR count). The van der Waals surface area contributed by atoms with E-state index in [-0.39, 0.29) is 0 Å². The highest BCUT2D eigenvalue weighted by Crippen LogP contribution is 2.08. The summed E-state index contributed by atoms with van der Waals surface area (Å²) >= 11 is 0. The van der Waals surface area contributed by atoms with Crippen LogP contribution in [0.25, 0.3) is 0 Å². The molecule has 0 amide bonds. The summed E-state index contributed by atoms with van der Waals surface area (Å²) in [4.78, 5) is 4.47. The molecule has 0 saturated carbocycles. The second-order valence-electron chi connectivity index (χ2n) is 5.12. The summed E-state index contributed by atoms with van der Waals surface area (Å²) in [6.45, 7) is 12.0. The second-order valence-corrected chi connectivity index (χ2v) is 5.12. The number of hydrogen-bond acceptors (Lipinski definition) is 3. The standard InChI is InChI=1S/C14H27N3O/c1-5-8-17-11-13(4)16-14(17)15-7-10-18-9-6-12(2)3/h11-12H,5-10H2,1-4H3,(H,15,16). The summed E-state index contributed by atoms with van der Waals surface area (Å²) in [6.07, 6.45) is 4.34. The van der Waals surface area contributed by atoms with Crippen molar-refractivity contribution < 1.29 is 4.74 Å². The minimum atomic E-state index is 0.712. The fraction of sp³-hybridized carbons (Fsp3) is 0.786. The van der Waals surface area contributed by atoms with Gasteiger partial charge in [0.1, 0.15) is 0 Å². The van der Waals surface area contributed by atoms with E-state index in [2.05, 4.69) is 41.8 Å². The molecule has 1 heterocycles. The maximum absolute atomic E-state index is 5.57. The van der Waals surface area contributed by atoms with E-state index in [1.165, 1.54) is 0 Å². The van der Waals surface area contributed by atoms with Gasteiger partial charge in [0.05, 0.1) is 12.3 Å². The lowest BCUT2D eigenvalue weighted by atomic mass is 10.1. The van der Waals surface area contributed by atoms with Crippen LogP contribution in [0.3, 0.4) is 0 Å². The first-order valence-electron chi connectivity index (χ1n) is 6.98. The predicted octanol–water partition coefficient (Wildman–Crippen LogP) is 3.08. The van der Waals surface area contributed by atoms with Gasteiger partial charge in [-0.05, 0) is 25.7 Å². The zero-order chi connectivity index (χ0) is 13.4. The largest absolute Gasteiger partial charge is 0.380 e. The Morgan fingerprint density at radius 3 is 2.83 bits per heavy atom. The van der Waals surface area contributed by atoms with E-state index in [4.69, 9.17) is 4.74 Å². The van der Waals surface area contributed by atoms with Crippen molar-refractivity contribution in [2.45, 2.75) is 47.1 Å². The molecule has 1 aromatic rings. The molecule has 0 bridgehead atoms. The molecule has 1 aromatic heterocycles. The van der Waals surface area contributed by atoms with E-state index in [9.17, 15) is 0 Å². The van der Waals surface area contributed by atoms with Crippen LogP contribution in [0.1, 0.15) is 39.3 Å². The number of nitrogens with one attached hydrogen (secondary N) is 1. The van der Waals surface area contributed by atoms with Crippen LogP contribution in [-0.4, -0.2) is 29.3 Å². The first kappa shape index (κ1) is 15.0. The van der Waals surface area contributed by atoms with Gasteiger partial charge in [0, 0.05) is 25.9 Å². The van der Waals surface area contributed by atoms with Crippen LogP contribution in [0.5, 0.6) is 0 Å². The molecule has 18 heavy (non-hydrogen) atoms. The number of rotatable bonds is 9. The van der Waals surface area contributed by atoms with Gasteiger partial charge in [0.15, 0.2) is 0 Å². The number of nitrogens with zero attached hydrogens (tertiary/aromatic N) is 2. The molecule has 0 unspecified atom stereocenters. The van der Waals surface area contributed by atoms with Gasteiger partial charge in [-0.2, -0.15) is 0 Å². The Labute approximate surface area is 111 Å². The summed E-state index contributed by atoms with van der Waals surface area (Å²) in [5, 5.41) is 3.33. The molecule has 1 N–H and O–H groups in total. The number of ether oxygens (including phenoxy) is 1. The van der Waals surface area contributed by atoms with Crippen LogP contribution in [0.2, 0.25) is 0 Å². The molecule has 4 heteroatoms. The van der Waals surface area contributed by atoms with Crippen molar-refractivity contribution in [1.29, 1.82) is 0 Å². The fourth-order valence-corrected chi connectivity index (χ4v) is 1.76. The molecule has 0 radical (unpaired) electrons. The summed E-state index contributed by atoms with van der Waals surface area (Å²) in [6, 6.07) is 0. The Hall–Kier alpha value is -1.03. The molecular weight excluding hydrogens is 226 g/mol. The van der Waals surface area contributed by atoms with Crippen molar-refractivity contribution in [1.82, 2.24) is 9.55 Å². The quantitative estimate of drug-likeness (QED) is 0.687. The van der Waals surface area contributed by atoms with Crippen molar-refractivity contribution >= 4 is 5.95 Å². The van der Waals surface area contributed by atoms with E-state index < -0.39 is 0 Å². The van der Waals surface area contributed by atoms with E-state index in [1.54, 1.807) is 0 Å². The van der Waals surface area contributed by atoms with E-state index >= 15 is 0 Å². The number of anilines is 1. The van der Waals surface area contributed by atoms with Crippen LogP contribution in [0.15, 0.2) is 6.20 Å². The molecule has 0 aliphatic rings. The number of aryl methyl sites for hydroxylation is 2. The first-order chi connectivity index (χ1) is 8.63. The Morgan fingerprint density at radius 1 is 1.39 bits per heavy atom. The van der Waals surface area contributed by atoms with Crippen molar-refractivity contribution in [3.63, 3.8) is 0 Å². The fourth-order valence-electron chi connectivity index (χ4n) is 1.76. The summed E-state index contributed by atoms with van der Waals surface area (Å²) < 4.78 is 7.74. The molecule has 0 aliphatic carbocycles. The van der Waals surface area contributed by atoms with Gasteiger partial charge >= 0.3 is 0 Å². The lowest BCUT2D eigenvalue weighted by molar-refractivity contribution is 0.132. The molecule has 104 valence electrons. The molecule has 0 saturated heterocycles. The third kappa shape index (κ3) is 5.54. The Kier molecular flexibility index (Phi) is 6.80. The van der Waals surface area contributed by atoms with Gasteiger partial charge in [0.2, 0.25) is 5.95 Å². The molecule has 0 spiro atoms. The van der Waals surface area contributed by atoms with Crippen molar-refractivity contribution in [2.75, 3.05) is 25.1 Å². The van der Waals surface area contributed by atoms with Crippen molar-refractivity contribution in [3.8, 4) is 0 Å². The zero-order valence-electron chi connectivity index (χ0n) is 12.2. The molecular formula is C14H27N3O. The Bertz CT molecular complexity index is 334. The number of hydrogen-bond donors (Lipinski definition) is 1. The smallest absolute Gasteiger partial charge is 0.203 e. The average Bonchev–Trinajstić information content (AvgIpc) is 2.64.